The third kappa shape index (κ3) is 3.52. The van der Waals surface area contributed by atoms with Crippen molar-refractivity contribution in [1.29, 1.82) is 0 Å². The molecule has 1 N–H and O–H groups in total. The first-order chi connectivity index (χ1) is 8.97. The molecule has 1 fully saturated rings. The first-order valence-corrected chi connectivity index (χ1v) is 6.40. The molecule has 19 heavy (non-hydrogen) atoms. The second-order valence-corrected chi connectivity index (χ2v) is 5.19. The highest BCUT2D eigenvalue weighted by Crippen LogP contribution is 2.30. The first kappa shape index (κ1) is 13.5. The number of hydrogen-bond acceptors (Lipinski definition) is 4. The fourth-order valence-corrected chi connectivity index (χ4v) is 1.87. The van der Waals surface area contributed by atoms with Crippen molar-refractivity contribution in [3.8, 4) is 0 Å². The van der Waals surface area contributed by atoms with E-state index in [4.69, 9.17) is 5.11 Å². The zero-order chi connectivity index (χ0) is 14.0. The molecule has 1 aromatic heterocycles. The lowest BCUT2D eigenvalue weighted by Gasteiger charge is -2.25. The molecule has 7 nitrogen and oxygen atoms in total. The molecule has 2 rings (SSSR count). The highest BCUT2D eigenvalue weighted by molar-refractivity contribution is 5.92. The van der Waals surface area contributed by atoms with Gasteiger partial charge in [0.2, 0.25) is 0 Å². The van der Waals surface area contributed by atoms with Crippen molar-refractivity contribution in [2.45, 2.75) is 39.3 Å². The maximum Gasteiger partial charge on any atom is 0.325 e. The van der Waals surface area contributed by atoms with Crippen LogP contribution in [0.25, 0.3) is 0 Å². The summed E-state index contributed by atoms with van der Waals surface area (Å²) in [6.45, 7) is 4.37. The van der Waals surface area contributed by atoms with Gasteiger partial charge < -0.3 is 10.0 Å². The van der Waals surface area contributed by atoms with Gasteiger partial charge in [-0.15, -0.1) is 5.10 Å². The van der Waals surface area contributed by atoms with Gasteiger partial charge in [0.25, 0.3) is 5.91 Å². The second-order valence-electron chi connectivity index (χ2n) is 5.19. The number of rotatable bonds is 6. The van der Waals surface area contributed by atoms with E-state index in [0.29, 0.717) is 5.92 Å². The van der Waals surface area contributed by atoms with Crippen LogP contribution in [0.1, 0.15) is 37.2 Å². The molecule has 1 amide bonds. The quantitative estimate of drug-likeness (QED) is 0.815. The smallest absolute Gasteiger partial charge is 0.325 e. The lowest BCUT2D eigenvalue weighted by atomic mass is 10.2. The van der Waals surface area contributed by atoms with Crippen molar-refractivity contribution in [3.05, 3.63) is 11.9 Å². The summed E-state index contributed by atoms with van der Waals surface area (Å²) in [5.41, 5.74) is 0.204. The highest BCUT2D eigenvalue weighted by Gasteiger charge is 2.29. The first-order valence-electron chi connectivity index (χ1n) is 6.40. The lowest BCUT2D eigenvalue weighted by molar-refractivity contribution is -0.137. The predicted molar refractivity (Wildman–Crippen MR) is 66.6 cm³/mol. The third-order valence-electron chi connectivity index (χ3n) is 3.09. The van der Waals surface area contributed by atoms with Crippen LogP contribution in [0.15, 0.2) is 6.20 Å². The fourth-order valence-electron chi connectivity index (χ4n) is 1.87. The standard InChI is InChI=1S/C12H18N4O3/c1-8(2)16(5-9-3-4-9)12(19)10-6-15(14-13-10)7-11(17)18/h6,8-9H,3-5,7H2,1-2H3,(H,17,18). The Kier molecular flexibility index (Phi) is 3.82. The largest absolute Gasteiger partial charge is 0.480 e. The van der Waals surface area contributed by atoms with Crippen molar-refractivity contribution in [2.24, 2.45) is 5.92 Å². The topological polar surface area (TPSA) is 88.3 Å². The highest BCUT2D eigenvalue weighted by atomic mass is 16.4. The molecule has 7 heteroatoms. The van der Waals surface area contributed by atoms with E-state index in [1.165, 1.54) is 19.0 Å². The van der Waals surface area contributed by atoms with E-state index in [9.17, 15) is 9.59 Å². The Morgan fingerprint density at radius 1 is 1.53 bits per heavy atom. The Balaban J connectivity index is 2.07. The minimum absolute atomic E-state index is 0.0951. The number of hydrogen-bond donors (Lipinski definition) is 1. The van der Waals surface area contributed by atoms with E-state index in [1.54, 1.807) is 4.90 Å². The third-order valence-corrected chi connectivity index (χ3v) is 3.09. The molecule has 0 spiro atoms. The summed E-state index contributed by atoms with van der Waals surface area (Å²) < 4.78 is 1.16. The Hall–Kier alpha value is -1.92. The Morgan fingerprint density at radius 3 is 2.74 bits per heavy atom. The Labute approximate surface area is 111 Å². The van der Waals surface area contributed by atoms with Crippen LogP contribution < -0.4 is 0 Å². The van der Waals surface area contributed by atoms with Gasteiger partial charge in [0.05, 0.1) is 6.20 Å². The van der Waals surface area contributed by atoms with E-state index in [1.807, 2.05) is 13.8 Å². The number of carboxylic acids is 1. The van der Waals surface area contributed by atoms with Crippen LogP contribution in [0.2, 0.25) is 0 Å². The predicted octanol–water partition coefficient (Wildman–Crippen LogP) is 0.623. The number of carboxylic acid groups (broad SMARTS) is 1. The Bertz CT molecular complexity index is 479. The van der Waals surface area contributed by atoms with Crippen molar-refractivity contribution in [1.82, 2.24) is 19.9 Å². The van der Waals surface area contributed by atoms with Gasteiger partial charge in [-0.3, -0.25) is 9.59 Å². The summed E-state index contributed by atoms with van der Waals surface area (Å²) in [6.07, 6.45) is 3.73. The zero-order valence-electron chi connectivity index (χ0n) is 11.1. The molecule has 1 aliphatic rings. The minimum atomic E-state index is -1.01. The molecule has 104 valence electrons. The van der Waals surface area contributed by atoms with Gasteiger partial charge in [0, 0.05) is 12.6 Å². The summed E-state index contributed by atoms with van der Waals surface area (Å²) in [7, 11) is 0. The van der Waals surface area contributed by atoms with E-state index in [-0.39, 0.29) is 24.2 Å². The van der Waals surface area contributed by atoms with Crippen LogP contribution in [0.3, 0.4) is 0 Å². The average Bonchev–Trinajstić information content (AvgIpc) is 3.03. The van der Waals surface area contributed by atoms with Crippen LogP contribution >= 0.6 is 0 Å². The normalized spacial score (nSPS) is 14.7. The van der Waals surface area contributed by atoms with Crippen LogP contribution in [0, 0.1) is 5.92 Å². The molecule has 1 aliphatic carbocycles. The molecule has 0 bridgehead atoms. The molecule has 0 atom stereocenters. The number of carbonyl (C=O) groups is 2. The molecular weight excluding hydrogens is 248 g/mol. The minimum Gasteiger partial charge on any atom is -0.480 e. The van der Waals surface area contributed by atoms with Gasteiger partial charge in [0.15, 0.2) is 5.69 Å². The molecule has 1 heterocycles. The summed E-state index contributed by atoms with van der Waals surface area (Å²) in [5.74, 6) is -0.596. The van der Waals surface area contributed by atoms with Gasteiger partial charge in [0.1, 0.15) is 6.54 Å². The SMILES string of the molecule is CC(C)N(CC1CC1)C(=O)c1cn(CC(=O)O)nn1. The van der Waals surface area contributed by atoms with E-state index in [2.05, 4.69) is 10.3 Å². The second kappa shape index (κ2) is 5.38. The number of aliphatic carboxylic acids is 1. The van der Waals surface area contributed by atoms with E-state index >= 15 is 0 Å². The molecule has 0 unspecified atom stereocenters. The van der Waals surface area contributed by atoms with Crippen LogP contribution in [0.5, 0.6) is 0 Å². The molecule has 1 saturated carbocycles. The van der Waals surface area contributed by atoms with Crippen LogP contribution in [0.4, 0.5) is 0 Å². The molecule has 1 aromatic rings. The number of amides is 1. The maximum absolute atomic E-state index is 12.3. The van der Waals surface area contributed by atoms with Crippen molar-refractivity contribution in [3.63, 3.8) is 0 Å². The summed E-state index contributed by atoms with van der Waals surface area (Å²) in [6, 6.07) is 0.0951. The van der Waals surface area contributed by atoms with Gasteiger partial charge in [-0.25, -0.2) is 4.68 Å². The Morgan fingerprint density at radius 2 is 2.21 bits per heavy atom. The summed E-state index contributed by atoms with van der Waals surface area (Å²) >= 11 is 0. The summed E-state index contributed by atoms with van der Waals surface area (Å²) in [5, 5.41) is 16.1. The average molecular weight is 266 g/mol. The van der Waals surface area contributed by atoms with Crippen molar-refractivity contribution in [2.75, 3.05) is 6.54 Å². The number of nitrogens with zero attached hydrogens (tertiary/aromatic N) is 4. The van der Waals surface area contributed by atoms with Crippen LogP contribution in [-0.2, 0) is 11.3 Å². The van der Waals surface area contributed by atoms with Gasteiger partial charge in [-0.2, -0.15) is 0 Å². The molecule has 0 aliphatic heterocycles. The van der Waals surface area contributed by atoms with Gasteiger partial charge >= 0.3 is 5.97 Å². The van der Waals surface area contributed by atoms with E-state index in [0.717, 1.165) is 11.2 Å². The summed E-state index contributed by atoms with van der Waals surface area (Å²) in [4.78, 5) is 24.6. The maximum atomic E-state index is 12.3. The van der Waals surface area contributed by atoms with Crippen molar-refractivity contribution < 1.29 is 14.7 Å². The van der Waals surface area contributed by atoms with Crippen LogP contribution in [-0.4, -0.2) is 49.5 Å². The molecule has 0 radical (unpaired) electrons. The monoisotopic (exact) mass is 266 g/mol. The number of aromatic nitrogens is 3. The molecular formula is C12H18N4O3. The fraction of sp³-hybridized carbons (Fsp3) is 0.667. The number of carbonyl (C=O) groups excluding carboxylic acids is 1. The van der Waals surface area contributed by atoms with Gasteiger partial charge in [-0.05, 0) is 32.6 Å². The van der Waals surface area contributed by atoms with E-state index < -0.39 is 5.97 Å². The molecule has 0 aromatic carbocycles. The lowest BCUT2D eigenvalue weighted by Crippen LogP contribution is -2.38. The zero-order valence-corrected chi connectivity index (χ0v) is 11.1. The van der Waals surface area contributed by atoms with Gasteiger partial charge in [-0.1, -0.05) is 5.21 Å². The molecule has 0 saturated heterocycles. The van der Waals surface area contributed by atoms with Crippen molar-refractivity contribution >= 4 is 11.9 Å².